The van der Waals surface area contributed by atoms with Gasteiger partial charge in [0.1, 0.15) is 6.16 Å². The number of esters is 1. The van der Waals surface area contributed by atoms with E-state index in [9.17, 15) is 9.36 Å². The molecule has 0 aromatic carbocycles. The molecule has 0 aliphatic heterocycles. The van der Waals surface area contributed by atoms with Gasteiger partial charge in [-0.3, -0.25) is 9.36 Å². The Morgan fingerprint density at radius 3 is 1.73 bits per heavy atom. The van der Waals surface area contributed by atoms with Gasteiger partial charge < -0.3 is 13.8 Å². The third-order valence-electron chi connectivity index (χ3n) is 4.20. The molecular formula is C20H41O5P. The first-order valence-corrected chi connectivity index (χ1v) is 12.3. The van der Waals surface area contributed by atoms with Gasteiger partial charge in [0, 0.05) is 0 Å². The lowest BCUT2D eigenvalue weighted by Gasteiger charge is -2.17. The van der Waals surface area contributed by atoms with Crippen molar-refractivity contribution in [1.29, 1.82) is 0 Å². The molecule has 0 saturated heterocycles. The number of hydrogen-bond donors (Lipinski definition) is 0. The molecule has 0 fully saturated rings. The van der Waals surface area contributed by atoms with Crippen LogP contribution in [0.4, 0.5) is 0 Å². The average molecular weight is 393 g/mol. The molecule has 0 saturated carbocycles. The fraction of sp³-hybridized carbons (Fsp3) is 0.950. The zero-order valence-corrected chi connectivity index (χ0v) is 18.2. The summed E-state index contributed by atoms with van der Waals surface area (Å²) in [5.74, 6) is -0.488. The van der Waals surface area contributed by atoms with Gasteiger partial charge in [-0.1, -0.05) is 78.1 Å². The lowest BCUT2D eigenvalue weighted by atomic mass is 10.1. The van der Waals surface area contributed by atoms with E-state index in [1.807, 2.05) is 0 Å². The molecule has 1 atom stereocenters. The van der Waals surface area contributed by atoms with Gasteiger partial charge in [-0.05, 0) is 19.8 Å². The molecule has 0 spiro atoms. The van der Waals surface area contributed by atoms with Crippen molar-refractivity contribution in [3.8, 4) is 0 Å². The highest BCUT2D eigenvalue weighted by Crippen LogP contribution is 2.48. The molecule has 26 heavy (non-hydrogen) atoms. The van der Waals surface area contributed by atoms with Crippen LogP contribution in [0.25, 0.3) is 0 Å². The largest absolute Gasteiger partial charge is 0.465 e. The zero-order valence-electron chi connectivity index (χ0n) is 17.3. The Kier molecular flexibility index (Phi) is 17.7. The first-order chi connectivity index (χ1) is 12.6. The van der Waals surface area contributed by atoms with Crippen molar-refractivity contribution in [3.63, 3.8) is 0 Å². The van der Waals surface area contributed by atoms with E-state index in [1.54, 1.807) is 6.92 Å². The second-order valence-electron chi connectivity index (χ2n) is 6.78. The second kappa shape index (κ2) is 18.0. The number of carbonyl (C=O) groups is 1. The summed E-state index contributed by atoms with van der Waals surface area (Å²) in [5, 5.41) is 0. The summed E-state index contributed by atoms with van der Waals surface area (Å²) in [6, 6.07) is 0. The number of ether oxygens (including phenoxy) is 1. The Hall–Kier alpha value is -0.380. The Balaban J connectivity index is 3.91. The zero-order chi connectivity index (χ0) is 19.5. The van der Waals surface area contributed by atoms with E-state index < -0.39 is 13.6 Å². The highest BCUT2D eigenvalue weighted by atomic mass is 31.2. The molecule has 6 heteroatoms. The summed E-state index contributed by atoms with van der Waals surface area (Å²) in [5.41, 5.74) is 0. The van der Waals surface area contributed by atoms with Crippen molar-refractivity contribution in [2.75, 3.05) is 26.0 Å². The summed E-state index contributed by atoms with van der Waals surface area (Å²) in [6.45, 7) is 7.14. The summed E-state index contributed by atoms with van der Waals surface area (Å²) in [6.07, 6.45) is 13.3. The number of rotatable bonds is 19. The van der Waals surface area contributed by atoms with Gasteiger partial charge >= 0.3 is 13.6 Å². The molecule has 156 valence electrons. The van der Waals surface area contributed by atoms with E-state index in [0.29, 0.717) is 13.2 Å². The van der Waals surface area contributed by atoms with E-state index in [1.165, 1.54) is 44.9 Å². The van der Waals surface area contributed by atoms with Gasteiger partial charge in [0.2, 0.25) is 0 Å². The molecule has 0 rings (SSSR count). The maximum absolute atomic E-state index is 12.6. The van der Waals surface area contributed by atoms with E-state index in [-0.39, 0.29) is 12.8 Å². The maximum Gasteiger partial charge on any atom is 0.341 e. The van der Waals surface area contributed by atoms with E-state index in [2.05, 4.69) is 13.8 Å². The average Bonchev–Trinajstić information content (AvgIpc) is 2.60. The molecule has 0 amide bonds. The molecule has 5 nitrogen and oxygen atoms in total. The van der Waals surface area contributed by atoms with Crippen LogP contribution in [-0.2, 0) is 23.1 Å². The van der Waals surface area contributed by atoms with Crippen molar-refractivity contribution in [3.05, 3.63) is 0 Å². The molecule has 0 bridgehead atoms. The monoisotopic (exact) mass is 392 g/mol. The van der Waals surface area contributed by atoms with Crippen molar-refractivity contribution >= 4 is 13.6 Å². The van der Waals surface area contributed by atoms with E-state index in [4.69, 9.17) is 13.8 Å². The molecule has 0 heterocycles. The summed E-state index contributed by atoms with van der Waals surface area (Å²) < 4.78 is 28.5. The Morgan fingerprint density at radius 1 is 0.692 bits per heavy atom. The normalized spacial score (nSPS) is 13.5. The Bertz CT molecular complexity index is 373. The highest BCUT2D eigenvalue weighted by Gasteiger charge is 2.28. The van der Waals surface area contributed by atoms with Crippen LogP contribution in [0, 0.1) is 0 Å². The van der Waals surface area contributed by atoms with Crippen molar-refractivity contribution in [2.45, 2.75) is 97.8 Å². The van der Waals surface area contributed by atoms with Gasteiger partial charge in [0.25, 0.3) is 0 Å². The fourth-order valence-electron chi connectivity index (χ4n) is 2.68. The first kappa shape index (κ1) is 25.6. The van der Waals surface area contributed by atoms with Crippen molar-refractivity contribution in [1.82, 2.24) is 0 Å². The van der Waals surface area contributed by atoms with Crippen molar-refractivity contribution < 1.29 is 23.1 Å². The fourth-order valence-corrected chi connectivity index (χ4v) is 4.15. The quantitative estimate of drug-likeness (QED) is 0.143. The Morgan fingerprint density at radius 2 is 1.19 bits per heavy atom. The van der Waals surface area contributed by atoms with E-state index >= 15 is 0 Å². The van der Waals surface area contributed by atoms with Crippen LogP contribution in [0.5, 0.6) is 0 Å². The van der Waals surface area contributed by atoms with Gasteiger partial charge in [0.15, 0.2) is 0 Å². The molecule has 1 unspecified atom stereocenters. The van der Waals surface area contributed by atoms with Crippen LogP contribution < -0.4 is 0 Å². The number of carbonyl (C=O) groups excluding carboxylic acids is 1. The Labute approximate surface area is 161 Å². The number of unbranched alkanes of at least 4 members (excludes halogenated alkanes) is 10. The SMILES string of the molecule is CCCCCCCCOC(=O)CP(=O)(OCC)OCCCCCCCC. The van der Waals surface area contributed by atoms with Gasteiger partial charge in [-0.25, -0.2) is 0 Å². The summed E-state index contributed by atoms with van der Waals surface area (Å²) >= 11 is 0. The van der Waals surface area contributed by atoms with Crippen LogP contribution in [0.15, 0.2) is 0 Å². The molecule has 0 aromatic rings. The molecular weight excluding hydrogens is 351 g/mol. The third-order valence-corrected chi connectivity index (χ3v) is 6.07. The minimum atomic E-state index is -3.38. The first-order valence-electron chi connectivity index (χ1n) is 10.6. The predicted octanol–water partition coefficient (Wildman–Crippen LogP) is 6.50. The smallest absolute Gasteiger partial charge is 0.341 e. The lowest BCUT2D eigenvalue weighted by molar-refractivity contribution is -0.141. The molecule has 0 aliphatic carbocycles. The van der Waals surface area contributed by atoms with Crippen LogP contribution in [-0.4, -0.2) is 32.0 Å². The van der Waals surface area contributed by atoms with Gasteiger partial charge in [-0.15, -0.1) is 0 Å². The minimum Gasteiger partial charge on any atom is -0.465 e. The van der Waals surface area contributed by atoms with Crippen molar-refractivity contribution in [2.24, 2.45) is 0 Å². The van der Waals surface area contributed by atoms with Gasteiger partial charge in [0.05, 0.1) is 19.8 Å². The maximum atomic E-state index is 12.6. The lowest BCUT2D eigenvalue weighted by Crippen LogP contribution is -2.14. The minimum absolute atomic E-state index is 0.262. The summed E-state index contributed by atoms with van der Waals surface area (Å²) in [7, 11) is -3.38. The molecule has 0 aliphatic rings. The molecule has 0 N–H and O–H groups in total. The predicted molar refractivity (Wildman–Crippen MR) is 108 cm³/mol. The topological polar surface area (TPSA) is 61.8 Å². The number of hydrogen-bond acceptors (Lipinski definition) is 5. The summed E-state index contributed by atoms with van der Waals surface area (Å²) in [4.78, 5) is 11.9. The van der Waals surface area contributed by atoms with Crippen LogP contribution in [0.3, 0.4) is 0 Å². The van der Waals surface area contributed by atoms with Crippen LogP contribution in [0.1, 0.15) is 97.8 Å². The highest BCUT2D eigenvalue weighted by molar-refractivity contribution is 7.54. The second-order valence-corrected chi connectivity index (χ2v) is 8.83. The van der Waals surface area contributed by atoms with Gasteiger partial charge in [-0.2, -0.15) is 0 Å². The van der Waals surface area contributed by atoms with Crippen LogP contribution >= 0.6 is 7.60 Å². The third kappa shape index (κ3) is 15.8. The molecule has 0 radical (unpaired) electrons. The van der Waals surface area contributed by atoms with E-state index in [0.717, 1.165) is 32.1 Å². The standard InChI is InChI=1S/C20H41O5P/c1-4-7-9-11-13-15-17-23-20(21)19-26(22,24-6-3)25-18-16-14-12-10-8-5-2/h4-19H2,1-3H3. The van der Waals surface area contributed by atoms with Crippen LogP contribution in [0.2, 0.25) is 0 Å². The molecule has 0 aromatic heterocycles.